The highest BCUT2D eigenvalue weighted by Crippen LogP contribution is 2.32. The molecular weight excluding hydrogens is 246 g/mol. The zero-order valence-electron chi connectivity index (χ0n) is 11.3. The van der Waals surface area contributed by atoms with Crippen LogP contribution < -0.4 is 9.47 Å². The van der Waals surface area contributed by atoms with Gasteiger partial charge in [-0.2, -0.15) is 0 Å². The highest BCUT2D eigenvalue weighted by atomic mass is 16.5. The van der Waals surface area contributed by atoms with Crippen LogP contribution >= 0.6 is 0 Å². The summed E-state index contributed by atoms with van der Waals surface area (Å²) in [6, 6.07) is 5.14. The first-order chi connectivity index (χ1) is 9.22. The van der Waals surface area contributed by atoms with Gasteiger partial charge in [-0.05, 0) is 25.0 Å². The van der Waals surface area contributed by atoms with E-state index in [0.717, 1.165) is 12.8 Å². The average molecular weight is 265 g/mol. The van der Waals surface area contributed by atoms with Crippen LogP contribution in [-0.2, 0) is 0 Å². The summed E-state index contributed by atoms with van der Waals surface area (Å²) >= 11 is 0. The van der Waals surface area contributed by atoms with Crippen LogP contribution in [0.5, 0.6) is 11.5 Å². The van der Waals surface area contributed by atoms with Crippen molar-refractivity contribution in [2.45, 2.75) is 18.9 Å². The van der Waals surface area contributed by atoms with Crippen molar-refractivity contribution in [1.82, 2.24) is 4.90 Å². The zero-order chi connectivity index (χ0) is 13.8. The fraction of sp³-hybridized carbons (Fsp3) is 0.500. The number of hydrogen-bond donors (Lipinski definition) is 1. The molecule has 1 saturated heterocycles. The molecule has 1 atom stereocenters. The predicted octanol–water partition coefficient (Wildman–Crippen LogP) is 1.30. The predicted molar refractivity (Wildman–Crippen MR) is 70.7 cm³/mol. The first-order valence-corrected chi connectivity index (χ1v) is 6.35. The standard InChI is InChI=1S/C14H19NO4/c1-18-12-7-3-6-11(13(12)19-2)14(17)15-8-4-5-10(15)9-16/h3,6-7,10,16H,4-5,8-9H2,1-2H3/t10-/m1/s1. The highest BCUT2D eigenvalue weighted by molar-refractivity contribution is 5.98. The van der Waals surface area contributed by atoms with Crippen LogP contribution in [0.25, 0.3) is 0 Å². The number of carbonyl (C=O) groups excluding carboxylic acids is 1. The second-order valence-corrected chi connectivity index (χ2v) is 4.52. The third-order valence-corrected chi connectivity index (χ3v) is 3.48. The lowest BCUT2D eigenvalue weighted by Crippen LogP contribution is -2.37. The third-order valence-electron chi connectivity index (χ3n) is 3.48. The van der Waals surface area contributed by atoms with Crippen LogP contribution in [0.15, 0.2) is 18.2 Å². The van der Waals surface area contributed by atoms with Gasteiger partial charge in [0.15, 0.2) is 11.5 Å². The van der Waals surface area contributed by atoms with E-state index in [-0.39, 0.29) is 18.6 Å². The number of rotatable bonds is 4. The highest BCUT2D eigenvalue weighted by Gasteiger charge is 2.30. The van der Waals surface area contributed by atoms with Gasteiger partial charge in [0.1, 0.15) is 0 Å². The molecule has 0 bridgehead atoms. The van der Waals surface area contributed by atoms with Crippen LogP contribution in [-0.4, -0.2) is 49.3 Å². The summed E-state index contributed by atoms with van der Waals surface area (Å²) in [4.78, 5) is 14.2. The summed E-state index contributed by atoms with van der Waals surface area (Å²) in [5, 5.41) is 9.31. The zero-order valence-corrected chi connectivity index (χ0v) is 11.3. The minimum atomic E-state index is -0.118. The number of amides is 1. The van der Waals surface area contributed by atoms with Crippen molar-refractivity contribution in [1.29, 1.82) is 0 Å². The smallest absolute Gasteiger partial charge is 0.258 e. The first-order valence-electron chi connectivity index (χ1n) is 6.35. The summed E-state index contributed by atoms with van der Waals surface area (Å²) in [5.41, 5.74) is 0.474. The lowest BCUT2D eigenvalue weighted by Gasteiger charge is -2.24. The summed E-state index contributed by atoms with van der Waals surface area (Å²) in [5.74, 6) is 0.860. The van der Waals surface area contributed by atoms with Crippen molar-refractivity contribution in [3.8, 4) is 11.5 Å². The van der Waals surface area contributed by atoms with Gasteiger partial charge in [-0.15, -0.1) is 0 Å². The van der Waals surface area contributed by atoms with Crippen LogP contribution in [0, 0.1) is 0 Å². The van der Waals surface area contributed by atoms with Gasteiger partial charge in [-0.1, -0.05) is 6.07 Å². The van der Waals surface area contributed by atoms with E-state index in [1.807, 2.05) is 0 Å². The quantitative estimate of drug-likeness (QED) is 0.891. The van der Waals surface area contributed by atoms with E-state index in [1.165, 1.54) is 7.11 Å². The van der Waals surface area contributed by atoms with Crippen molar-refractivity contribution in [2.75, 3.05) is 27.4 Å². The van der Waals surface area contributed by atoms with E-state index in [1.54, 1.807) is 30.2 Å². The lowest BCUT2D eigenvalue weighted by molar-refractivity contribution is 0.0673. The van der Waals surface area contributed by atoms with E-state index in [0.29, 0.717) is 23.6 Å². The van der Waals surface area contributed by atoms with Crippen LogP contribution in [0.4, 0.5) is 0 Å². The molecule has 0 spiro atoms. The molecule has 1 fully saturated rings. The van der Waals surface area contributed by atoms with E-state index in [4.69, 9.17) is 9.47 Å². The minimum absolute atomic E-state index is 0.00196. The Hall–Kier alpha value is -1.75. The molecule has 1 aromatic carbocycles. The lowest BCUT2D eigenvalue weighted by atomic mass is 10.1. The number of carbonyl (C=O) groups is 1. The molecule has 1 amide bonds. The number of methoxy groups -OCH3 is 2. The van der Waals surface area contributed by atoms with Crippen LogP contribution in [0.3, 0.4) is 0 Å². The second-order valence-electron chi connectivity index (χ2n) is 4.52. The van der Waals surface area contributed by atoms with Gasteiger partial charge in [-0.3, -0.25) is 4.79 Å². The van der Waals surface area contributed by atoms with Gasteiger partial charge < -0.3 is 19.5 Å². The summed E-state index contributed by atoms with van der Waals surface area (Å²) in [6.07, 6.45) is 1.76. The maximum Gasteiger partial charge on any atom is 0.258 e. The molecule has 5 nitrogen and oxygen atoms in total. The molecule has 1 aromatic rings. The maximum atomic E-state index is 12.5. The van der Waals surface area contributed by atoms with Crippen molar-refractivity contribution in [3.05, 3.63) is 23.8 Å². The minimum Gasteiger partial charge on any atom is -0.493 e. The molecule has 1 N–H and O–H groups in total. The van der Waals surface area contributed by atoms with Crippen molar-refractivity contribution in [3.63, 3.8) is 0 Å². The Bertz CT molecular complexity index is 461. The Kier molecular flexibility index (Phi) is 4.27. The van der Waals surface area contributed by atoms with E-state index in [9.17, 15) is 9.90 Å². The molecule has 104 valence electrons. The topological polar surface area (TPSA) is 59.0 Å². The number of ether oxygens (including phenoxy) is 2. The van der Waals surface area contributed by atoms with Gasteiger partial charge in [0.05, 0.1) is 32.4 Å². The van der Waals surface area contributed by atoms with Crippen LogP contribution in [0.2, 0.25) is 0 Å². The van der Waals surface area contributed by atoms with Gasteiger partial charge in [0.25, 0.3) is 5.91 Å². The van der Waals surface area contributed by atoms with Crippen molar-refractivity contribution in [2.24, 2.45) is 0 Å². The fourth-order valence-corrected chi connectivity index (χ4v) is 2.50. The largest absolute Gasteiger partial charge is 0.493 e. The summed E-state index contributed by atoms with van der Waals surface area (Å²) in [7, 11) is 3.06. The van der Waals surface area contributed by atoms with Crippen molar-refractivity contribution < 1.29 is 19.4 Å². The molecule has 5 heteroatoms. The SMILES string of the molecule is COc1cccc(C(=O)N2CCC[C@@H]2CO)c1OC. The molecule has 2 rings (SSSR count). The third kappa shape index (κ3) is 2.51. The van der Waals surface area contributed by atoms with Gasteiger partial charge in [-0.25, -0.2) is 0 Å². The monoisotopic (exact) mass is 265 g/mol. The van der Waals surface area contributed by atoms with Gasteiger partial charge in [0, 0.05) is 6.54 Å². The Morgan fingerprint density at radius 2 is 2.21 bits per heavy atom. The molecular formula is C14H19NO4. The number of hydrogen-bond acceptors (Lipinski definition) is 4. The Balaban J connectivity index is 2.33. The first kappa shape index (κ1) is 13.7. The number of benzene rings is 1. The molecule has 19 heavy (non-hydrogen) atoms. The van der Waals surface area contributed by atoms with Crippen LogP contribution in [0.1, 0.15) is 23.2 Å². The van der Waals surface area contributed by atoms with E-state index in [2.05, 4.69) is 0 Å². The molecule has 0 aromatic heterocycles. The van der Waals surface area contributed by atoms with E-state index >= 15 is 0 Å². The van der Waals surface area contributed by atoms with E-state index < -0.39 is 0 Å². The van der Waals surface area contributed by atoms with Gasteiger partial charge >= 0.3 is 0 Å². The number of nitrogens with zero attached hydrogens (tertiary/aromatic N) is 1. The normalized spacial score (nSPS) is 18.5. The molecule has 0 saturated carbocycles. The molecule has 0 aliphatic carbocycles. The average Bonchev–Trinajstić information content (AvgIpc) is 2.93. The second kappa shape index (κ2) is 5.93. The Morgan fingerprint density at radius 3 is 2.84 bits per heavy atom. The number of aliphatic hydroxyl groups is 1. The molecule has 1 aliphatic heterocycles. The fourth-order valence-electron chi connectivity index (χ4n) is 2.50. The summed E-state index contributed by atoms with van der Waals surface area (Å²) in [6.45, 7) is 0.669. The summed E-state index contributed by atoms with van der Waals surface area (Å²) < 4.78 is 10.5. The molecule has 0 radical (unpaired) electrons. The number of para-hydroxylation sites is 1. The Labute approximate surface area is 112 Å². The molecule has 1 aliphatic rings. The van der Waals surface area contributed by atoms with Crippen molar-refractivity contribution >= 4 is 5.91 Å². The van der Waals surface area contributed by atoms with Gasteiger partial charge in [0.2, 0.25) is 0 Å². The number of likely N-dealkylation sites (tertiary alicyclic amines) is 1. The molecule has 0 unspecified atom stereocenters. The Morgan fingerprint density at radius 1 is 1.42 bits per heavy atom. The molecule has 1 heterocycles. The maximum absolute atomic E-state index is 12.5. The number of aliphatic hydroxyl groups excluding tert-OH is 1.